The number of thioether (sulfide) groups is 1. The van der Waals surface area contributed by atoms with Crippen molar-refractivity contribution in [3.8, 4) is 0 Å². The lowest BCUT2D eigenvalue weighted by Crippen LogP contribution is -2.32. The normalized spacial score (nSPS) is 16.9. The topological polar surface area (TPSA) is 16.1 Å². The van der Waals surface area contributed by atoms with Gasteiger partial charge in [0.25, 0.3) is 0 Å². The van der Waals surface area contributed by atoms with Crippen LogP contribution in [0.2, 0.25) is 10.0 Å². The van der Waals surface area contributed by atoms with Gasteiger partial charge in [-0.15, -0.1) is 0 Å². The summed E-state index contributed by atoms with van der Waals surface area (Å²) in [6.45, 7) is 3.11. The summed E-state index contributed by atoms with van der Waals surface area (Å²) in [7, 11) is 0. The standard InChI is InChI=1S/C14H14Cl2N2S/c15-11-1-2-13-12(7-11)14(16)10(8-17-13)9-18-3-5-19-6-4-18/h1-2,7-8H,3-6,9H2. The molecule has 1 saturated heterocycles. The molecule has 3 rings (SSSR count). The van der Waals surface area contributed by atoms with E-state index in [9.17, 15) is 0 Å². The third kappa shape index (κ3) is 3.00. The molecule has 0 spiro atoms. The molecule has 1 aliphatic heterocycles. The second kappa shape index (κ2) is 5.88. The molecule has 2 heterocycles. The minimum Gasteiger partial charge on any atom is -0.297 e. The number of halogens is 2. The predicted molar refractivity (Wildman–Crippen MR) is 84.4 cm³/mol. The summed E-state index contributed by atoms with van der Waals surface area (Å²) < 4.78 is 0. The SMILES string of the molecule is Clc1ccc2ncc(CN3CCSCC3)c(Cl)c2c1. The van der Waals surface area contributed by atoms with Crippen molar-refractivity contribution >= 4 is 45.9 Å². The van der Waals surface area contributed by atoms with Gasteiger partial charge in [0, 0.05) is 53.3 Å². The lowest BCUT2D eigenvalue weighted by atomic mass is 10.1. The van der Waals surface area contributed by atoms with Crippen LogP contribution >= 0.6 is 35.0 Å². The Kier molecular flexibility index (Phi) is 4.18. The Bertz CT molecular complexity index is 597. The van der Waals surface area contributed by atoms with E-state index in [2.05, 4.69) is 9.88 Å². The van der Waals surface area contributed by atoms with Crippen LogP contribution in [0, 0.1) is 0 Å². The van der Waals surface area contributed by atoms with Crippen molar-refractivity contribution in [1.29, 1.82) is 0 Å². The molecule has 100 valence electrons. The Morgan fingerprint density at radius 1 is 1.21 bits per heavy atom. The number of fused-ring (bicyclic) bond motifs is 1. The highest BCUT2D eigenvalue weighted by atomic mass is 35.5. The highest BCUT2D eigenvalue weighted by Gasteiger charge is 2.14. The van der Waals surface area contributed by atoms with Gasteiger partial charge in [0.15, 0.2) is 0 Å². The zero-order valence-electron chi connectivity index (χ0n) is 10.4. The number of nitrogens with zero attached hydrogens (tertiary/aromatic N) is 2. The smallest absolute Gasteiger partial charge is 0.0718 e. The maximum Gasteiger partial charge on any atom is 0.0718 e. The molecule has 0 bridgehead atoms. The average molecular weight is 313 g/mol. The van der Waals surface area contributed by atoms with Gasteiger partial charge in [-0.25, -0.2) is 0 Å². The van der Waals surface area contributed by atoms with Crippen LogP contribution in [0.5, 0.6) is 0 Å². The van der Waals surface area contributed by atoms with Crippen LogP contribution in [0.1, 0.15) is 5.56 Å². The van der Waals surface area contributed by atoms with E-state index in [4.69, 9.17) is 23.2 Å². The Balaban J connectivity index is 1.92. The molecule has 2 aromatic rings. The van der Waals surface area contributed by atoms with Crippen molar-refractivity contribution < 1.29 is 0 Å². The number of pyridine rings is 1. The molecule has 0 amide bonds. The van der Waals surface area contributed by atoms with Crippen LogP contribution in [0.15, 0.2) is 24.4 Å². The molecule has 2 nitrogen and oxygen atoms in total. The summed E-state index contributed by atoms with van der Waals surface area (Å²) in [5.74, 6) is 2.40. The van der Waals surface area contributed by atoms with Crippen molar-refractivity contribution in [1.82, 2.24) is 9.88 Å². The van der Waals surface area contributed by atoms with Crippen molar-refractivity contribution in [2.75, 3.05) is 24.6 Å². The average Bonchev–Trinajstić information content (AvgIpc) is 2.44. The number of benzene rings is 1. The summed E-state index contributed by atoms with van der Waals surface area (Å²) in [4.78, 5) is 6.90. The monoisotopic (exact) mass is 312 g/mol. The molecule has 1 fully saturated rings. The van der Waals surface area contributed by atoms with Crippen molar-refractivity contribution in [2.45, 2.75) is 6.54 Å². The van der Waals surface area contributed by atoms with Crippen molar-refractivity contribution in [3.63, 3.8) is 0 Å². The minimum atomic E-state index is 0.697. The predicted octanol–water partition coefficient (Wildman–Crippen LogP) is 4.09. The minimum absolute atomic E-state index is 0.697. The van der Waals surface area contributed by atoms with E-state index in [1.807, 2.05) is 36.2 Å². The van der Waals surface area contributed by atoms with E-state index in [0.29, 0.717) is 5.02 Å². The van der Waals surface area contributed by atoms with Gasteiger partial charge in [-0.05, 0) is 18.2 Å². The van der Waals surface area contributed by atoms with Gasteiger partial charge in [0.2, 0.25) is 0 Å². The Morgan fingerprint density at radius 2 is 2.00 bits per heavy atom. The summed E-state index contributed by atoms with van der Waals surface area (Å²) in [5.41, 5.74) is 1.98. The third-order valence-corrected chi connectivity index (χ3v) is 4.96. The van der Waals surface area contributed by atoms with Crippen LogP contribution < -0.4 is 0 Å². The fourth-order valence-electron chi connectivity index (χ4n) is 2.28. The maximum absolute atomic E-state index is 6.50. The Hall–Kier alpha value is -0.480. The molecule has 19 heavy (non-hydrogen) atoms. The molecule has 1 aliphatic rings. The van der Waals surface area contributed by atoms with E-state index in [-0.39, 0.29) is 0 Å². The van der Waals surface area contributed by atoms with E-state index in [1.54, 1.807) is 0 Å². The first kappa shape index (κ1) is 13.5. The highest BCUT2D eigenvalue weighted by Crippen LogP contribution is 2.29. The van der Waals surface area contributed by atoms with Crippen molar-refractivity contribution in [3.05, 3.63) is 40.0 Å². The molecule has 0 radical (unpaired) electrons. The molecule has 5 heteroatoms. The van der Waals surface area contributed by atoms with Crippen LogP contribution in [0.3, 0.4) is 0 Å². The van der Waals surface area contributed by atoms with Crippen molar-refractivity contribution in [2.24, 2.45) is 0 Å². The van der Waals surface area contributed by atoms with E-state index >= 15 is 0 Å². The zero-order valence-corrected chi connectivity index (χ0v) is 12.7. The zero-order chi connectivity index (χ0) is 13.2. The Morgan fingerprint density at radius 3 is 2.79 bits per heavy atom. The van der Waals surface area contributed by atoms with Gasteiger partial charge in [-0.1, -0.05) is 23.2 Å². The van der Waals surface area contributed by atoms with Gasteiger partial charge >= 0.3 is 0 Å². The number of aromatic nitrogens is 1. The van der Waals surface area contributed by atoms with Gasteiger partial charge in [-0.3, -0.25) is 9.88 Å². The largest absolute Gasteiger partial charge is 0.297 e. The summed E-state index contributed by atoms with van der Waals surface area (Å²) in [6.07, 6.45) is 1.89. The van der Waals surface area contributed by atoms with Gasteiger partial charge in [-0.2, -0.15) is 11.8 Å². The quantitative estimate of drug-likeness (QED) is 0.831. The second-order valence-corrected chi connectivity index (χ2v) is 6.69. The fraction of sp³-hybridized carbons (Fsp3) is 0.357. The highest BCUT2D eigenvalue weighted by molar-refractivity contribution is 7.99. The molecule has 0 aliphatic carbocycles. The Labute approximate surface area is 127 Å². The van der Waals surface area contributed by atoms with Gasteiger partial charge in [0.05, 0.1) is 10.5 Å². The van der Waals surface area contributed by atoms with Crippen LogP contribution in [0.4, 0.5) is 0 Å². The summed E-state index contributed by atoms with van der Waals surface area (Å²) >= 11 is 14.5. The molecule has 1 aromatic carbocycles. The third-order valence-electron chi connectivity index (χ3n) is 3.33. The van der Waals surface area contributed by atoms with E-state index < -0.39 is 0 Å². The number of hydrogen-bond acceptors (Lipinski definition) is 3. The van der Waals surface area contributed by atoms with Crippen LogP contribution in [-0.4, -0.2) is 34.5 Å². The molecule has 0 atom stereocenters. The van der Waals surface area contributed by atoms with Crippen LogP contribution in [-0.2, 0) is 6.54 Å². The molecule has 0 N–H and O–H groups in total. The summed E-state index contributed by atoms with van der Waals surface area (Å²) in [6, 6.07) is 5.64. The molecule has 0 unspecified atom stereocenters. The van der Waals surface area contributed by atoms with E-state index in [1.165, 1.54) is 11.5 Å². The first-order chi connectivity index (χ1) is 9.24. The van der Waals surface area contributed by atoms with Gasteiger partial charge in [0.1, 0.15) is 0 Å². The van der Waals surface area contributed by atoms with Gasteiger partial charge < -0.3 is 0 Å². The second-order valence-electron chi connectivity index (χ2n) is 4.65. The maximum atomic E-state index is 6.50. The van der Waals surface area contributed by atoms with E-state index in [0.717, 1.165) is 41.1 Å². The number of hydrogen-bond donors (Lipinski definition) is 0. The summed E-state index contributed by atoms with van der Waals surface area (Å²) in [5, 5.41) is 2.42. The fourth-order valence-corrected chi connectivity index (χ4v) is 3.69. The first-order valence-corrected chi connectivity index (χ1v) is 8.18. The van der Waals surface area contributed by atoms with Crippen LogP contribution in [0.25, 0.3) is 10.9 Å². The molecule has 1 aromatic heterocycles. The number of rotatable bonds is 2. The first-order valence-electron chi connectivity index (χ1n) is 6.27. The molecular weight excluding hydrogens is 299 g/mol. The lowest BCUT2D eigenvalue weighted by molar-refractivity contribution is 0.294. The molecular formula is C14H14Cl2N2S. The lowest BCUT2D eigenvalue weighted by Gasteiger charge is -2.26. The molecule has 0 saturated carbocycles.